The van der Waals surface area contributed by atoms with E-state index in [9.17, 15) is 0 Å². The smallest absolute Gasteiger partial charge is 0.164 e. The average molecular weight is 297 g/mol. The maximum absolute atomic E-state index is 9.08. The number of hydrogen-bond acceptors (Lipinski definition) is 2. The molecule has 0 heterocycles. The van der Waals surface area contributed by atoms with Gasteiger partial charge in [0.15, 0.2) is 5.75 Å². The minimum atomic E-state index is -0.108. The normalized spacial score (nSPS) is 10.6. The minimum Gasteiger partial charge on any atom is -0.454 e. The first-order valence-corrected chi connectivity index (χ1v) is 6.60. The Balaban J connectivity index is 2.35. The number of halogens is 2. The summed E-state index contributed by atoms with van der Waals surface area (Å²) >= 11 is 12.2. The maximum Gasteiger partial charge on any atom is 0.164 e. The van der Waals surface area contributed by atoms with E-state index in [4.69, 9.17) is 33.0 Å². The summed E-state index contributed by atoms with van der Waals surface area (Å²) in [6.07, 6.45) is 0. The molecule has 0 aliphatic carbocycles. The third-order valence-electron chi connectivity index (χ3n) is 2.94. The second-order valence-electron chi connectivity index (χ2n) is 4.39. The lowest BCUT2D eigenvalue weighted by Crippen LogP contribution is -1.91. The van der Waals surface area contributed by atoms with Crippen molar-refractivity contribution >= 4 is 23.2 Å². The lowest BCUT2D eigenvalue weighted by molar-refractivity contribution is 0.281. The molecule has 0 fully saturated rings. The van der Waals surface area contributed by atoms with Crippen molar-refractivity contribution in [3.8, 4) is 11.5 Å². The maximum atomic E-state index is 9.08. The number of ether oxygens (including phenoxy) is 1. The summed E-state index contributed by atoms with van der Waals surface area (Å²) in [5.41, 5.74) is 2.99. The van der Waals surface area contributed by atoms with E-state index in [1.54, 1.807) is 12.1 Å². The van der Waals surface area contributed by atoms with Crippen LogP contribution in [0, 0.1) is 13.8 Å². The van der Waals surface area contributed by atoms with Crippen molar-refractivity contribution in [1.29, 1.82) is 0 Å². The zero-order valence-corrected chi connectivity index (χ0v) is 12.2. The summed E-state index contributed by atoms with van der Waals surface area (Å²) < 4.78 is 5.73. The van der Waals surface area contributed by atoms with E-state index in [1.165, 1.54) is 5.56 Å². The molecule has 2 nitrogen and oxygen atoms in total. The molecule has 100 valence electrons. The van der Waals surface area contributed by atoms with Crippen LogP contribution in [0.15, 0.2) is 30.3 Å². The van der Waals surface area contributed by atoms with Crippen molar-refractivity contribution in [2.45, 2.75) is 20.5 Å². The van der Waals surface area contributed by atoms with Crippen molar-refractivity contribution in [3.05, 3.63) is 57.1 Å². The molecule has 0 saturated carbocycles. The molecule has 0 aromatic heterocycles. The molecular weight excluding hydrogens is 283 g/mol. The van der Waals surface area contributed by atoms with Gasteiger partial charge in [0.25, 0.3) is 0 Å². The zero-order valence-electron chi connectivity index (χ0n) is 10.7. The lowest BCUT2D eigenvalue weighted by Gasteiger charge is -2.12. The van der Waals surface area contributed by atoms with Crippen LogP contribution in [-0.2, 0) is 6.61 Å². The largest absolute Gasteiger partial charge is 0.454 e. The van der Waals surface area contributed by atoms with Crippen LogP contribution in [0.5, 0.6) is 11.5 Å². The van der Waals surface area contributed by atoms with Crippen molar-refractivity contribution < 1.29 is 9.84 Å². The monoisotopic (exact) mass is 296 g/mol. The number of aliphatic hydroxyl groups excluding tert-OH is 1. The van der Waals surface area contributed by atoms with E-state index >= 15 is 0 Å². The Bertz CT molecular complexity index is 586. The Morgan fingerprint density at radius 2 is 1.63 bits per heavy atom. The standard InChI is InChI=1S/C15H14Cl2O2/c1-9-3-4-12(5-10(9)2)19-15-13(16)6-11(8-18)7-14(15)17/h3-7,18H,8H2,1-2H3. The van der Waals surface area contributed by atoms with Gasteiger partial charge in [0.05, 0.1) is 16.7 Å². The van der Waals surface area contributed by atoms with Crippen LogP contribution in [0.3, 0.4) is 0 Å². The fourth-order valence-electron chi connectivity index (χ4n) is 1.70. The van der Waals surface area contributed by atoms with Gasteiger partial charge in [0, 0.05) is 0 Å². The molecule has 2 aromatic carbocycles. The van der Waals surface area contributed by atoms with Gasteiger partial charge in [-0.05, 0) is 54.8 Å². The van der Waals surface area contributed by atoms with Gasteiger partial charge in [0.2, 0.25) is 0 Å². The number of aliphatic hydroxyl groups is 1. The SMILES string of the molecule is Cc1ccc(Oc2c(Cl)cc(CO)cc2Cl)cc1C. The highest BCUT2D eigenvalue weighted by Gasteiger charge is 2.11. The molecule has 0 spiro atoms. The summed E-state index contributed by atoms with van der Waals surface area (Å²) in [5, 5.41) is 9.84. The molecule has 19 heavy (non-hydrogen) atoms. The molecule has 0 bridgehead atoms. The van der Waals surface area contributed by atoms with E-state index < -0.39 is 0 Å². The van der Waals surface area contributed by atoms with E-state index in [0.29, 0.717) is 27.1 Å². The Labute approximate surface area is 122 Å². The predicted octanol–water partition coefficient (Wildman–Crippen LogP) is 4.89. The highest BCUT2D eigenvalue weighted by molar-refractivity contribution is 6.37. The third kappa shape index (κ3) is 3.21. The Hall–Kier alpha value is -1.22. The first-order valence-electron chi connectivity index (χ1n) is 5.85. The van der Waals surface area contributed by atoms with Crippen LogP contribution in [0.25, 0.3) is 0 Å². The summed E-state index contributed by atoms with van der Waals surface area (Å²) in [4.78, 5) is 0. The summed E-state index contributed by atoms with van der Waals surface area (Å²) in [6, 6.07) is 9.07. The van der Waals surface area contributed by atoms with Crippen molar-refractivity contribution in [2.75, 3.05) is 0 Å². The van der Waals surface area contributed by atoms with E-state index in [0.717, 1.165) is 5.56 Å². The van der Waals surface area contributed by atoms with Crippen LogP contribution in [0.2, 0.25) is 10.0 Å². The fraction of sp³-hybridized carbons (Fsp3) is 0.200. The molecule has 0 radical (unpaired) electrons. The van der Waals surface area contributed by atoms with Crippen molar-refractivity contribution in [3.63, 3.8) is 0 Å². The summed E-state index contributed by atoms with van der Waals surface area (Å²) in [7, 11) is 0. The number of hydrogen-bond donors (Lipinski definition) is 1. The van der Waals surface area contributed by atoms with Crippen molar-refractivity contribution in [1.82, 2.24) is 0 Å². The van der Waals surface area contributed by atoms with Crippen LogP contribution in [0.1, 0.15) is 16.7 Å². The zero-order chi connectivity index (χ0) is 14.0. The van der Waals surface area contributed by atoms with E-state index in [2.05, 4.69) is 0 Å². The van der Waals surface area contributed by atoms with Gasteiger partial charge in [-0.3, -0.25) is 0 Å². The summed E-state index contributed by atoms with van der Waals surface area (Å²) in [6.45, 7) is 3.94. The third-order valence-corrected chi connectivity index (χ3v) is 3.50. The molecule has 0 amide bonds. The molecule has 4 heteroatoms. The topological polar surface area (TPSA) is 29.5 Å². The molecule has 1 N–H and O–H groups in total. The highest BCUT2D eigenvalue weighted by atomic mass is 35.5. The van der Waals surface area contributed by atoms with Gasteiger partial charge >= 0.3 is 0 Å². The Morgan fingerprint density at radius 1 is 1.00 bits per heavy atom. The molecule has 2 aromatic rings. The van der Waals surface area contributed by atoms with Crippen LogP contribution in [-0.4, -0.2) is 5.11 Å². The molecule has 0 unspecified atom stereocenters. The number of rotatable bonds is 3. The van der Waals surface area contributed by atoms with Crippen LogP contribution >= 0.6 is 23.2 Å². The van der Waals surface area contributed by atoms with Crippen LogP contribution in [0.4, 0.5) is 0 Å². The molecule has 0 saturated heterocycles. The van der Waals surface area contributed by atoms with Gasteiger partial charge in [-0.2, -0.15) is 0 Å². The number of benzene rings is 2. The molecule has 0 aliphatic rings. The second-order valence-corrected chi connectivity index (χ2v) is 5.21. The molecular formula is C15H14Cl2O2. The van der Waals surface area contributed by atoms with Crippen LogP contribution < -0.4 is 4.74 Å². The minimum absolute atomic E-state index is 0.108. The van der Waals surface area contributed by atoms with Gasteiger partial charge in [-0.1, -0.05) is 29.3 Å². The molecule has 0 aliphatic heterocycles. The number of aryl methyl sites for hydroxylation is 2. The quantitative estimate of drug-likeness (QED) is 0.873. The molecule has 0 atom stereocenters. The predicted molar refractivity (Wildman–Crippen MR) is 78.4 cm³/mol. The van der Waals surface area contributed by atoms with E-state index in [1.807, 2.05) is 32.0 Å². The summed E-state index contributed by atoms with van der Waals surface area (Å²) in [5.74, 6) is 1.09. The average Bonchev–Trinajstić information content (AvgIpc) is 2.37. The highest BCUT2D eigenvalue weighted by Crippen LogP contribution is 2.37. The van der Waals surface area contributed by atoms with Gasteiger partial charge in [-0.25, -0.2) is 0 Å². The van der Waals surface area contributed by atoms with Gasteiger partial charge in [-0.15, -0.1) is 0 Å². The fourth-order valence-corrected chi connectivity index (χ4v) is 2.31. The molecule has 2 rings (SSSR count). The van der Waals surface area contributed by atoms with E-state index in [-0.39, 0.29) is 6.61 Å². The lowest BCUT2D eigenvalue weighted by atomic mass is 10.1. The van der Waals surface area contributed by atoms with Crippen molar-refractivity contribution in [2.24, 2.45) is 0 Å². The first-order chi connectivity index (χ1) is 9.01. The second kappa shape index (κ2) is 5.83. The van der Waals surface area contributed by atoms with Gasteiger partial charge in [0.1, 0.15) is 5.75 Å². The Morgan fingerprint density at radius 3 is 2.16 bits per heavy atom. The Kier molecular flexibility index (Phi) is 4.35. The first kappa shape index (κ1) is 14.2. The van der Waals surface area contributed by atoms with Gasteiger partial charge < -0.3 is 9.84 Å².